The Morgan fingerprint density at radius 2 is 1.53 bits per heavy atom. The zero-order valence-corrected chi connectivity index (χ0v) is 29.2. The van der Waals surface area contributed by atoms with E-state index >= 15 is 0 Å². The van der Waals surface area contributed by atoms with Gasteiger partial charge >= 0.3 is 0 Å². The number of fused-ring (bicyclic) bond motifs is 2. The molecule has 0 saturated heterocycles. The fourth-order valence-corrected chi connectivity index (χ4v) is 6.41. The molecular weight excluding hydrogens is 771 g/mol. The van der Waals surface area contributed by atoms with Crippen LogP contribution >= 0.6 is 11.3 Å². The third kappa shape index (κ3) is 7.18. The summed E-state index contributed by atoms with van der Waals surface area (Å²) in [6, 6.07) is 49.9. The summed E-state index contributed by atoms with van der Waals surface area (Å²) in [6.45, 7) is 3.84. The number of hydrogen-bond donors (Lipinski definition) is 0. The van der Waals surface area contributed by atoms with Crippen LogP contribution in [0, 0.1) is 17.4 Å². The number of nitrogens with zero attached hydrogens (tertiary/aromatic N) is 3. The van der Waals surface area contributed by atoms with E-state index in [1.54, 1.807) is 6.20 Å². The zero-order chi connectivity index (χ0) is 33.1. The van der Waals surface area contributed by atoms with Crippen molar-refractivity contribution in [2.75, 3.05) is 0 Å². The van der Waals surface area contributed by atoms with Crippen molar-refractivity contribution in [3.63, 3.8) is 0 Å². The maximum Gasteiger partial charge on any atom is 0.0774 e. The molecule has 0 unspecified atom stereocenters. The van der Waals surface area contributed by atoms with Crippen molar-refractivity contribution in [3.8, 4) is 39.5 Å². The van der Waals surface area contributed by atoms with E-state index in [1.165, 1.54) is 22.5 Å². The molecule has 0 aliphatic rings. The van der Waals surface area contributed by atoms with Gasteiger partial charge in [0.05, 0.1) is 16.9 Å². The smallest absolute Gasteiger partial charge is 0.0774 e. The van der Waals surface area contributed by atoms with Crippen molar-refractivity contribution in [2.45, 2.75) is 20.2 Å². The maximum absolute atomic E-state index is 8.51. The molecule has 8 rings (SSSR count). The minimum absolute atomic E-state index is 0. The summed E-state index contributed by atoms with van der Waals surface area (Å²) in [4.78, 5) is 9.24. The first-order chi connectivity index (χ1) is 23.4. The van der Waals surface area contributed by atoms with Crippen LogP contribution in [-0.2, 0) is 26.5 Å². The van der Waals surface area contributed by atoms with Gasteiger partial charge in [-0.2, -0.15) is 0 Å². The molecule has 0 saturated carbocycles. The molecule has 5 heteroatoms. The van der Waals surface area contributed by atoms with Gasteiger partial charge in [0.15, 0.2) is 0 Å². The van der Waals surface area contributed by atoms with Crippen molar-refractivity contribution in [2.24, 2.45) is 5.92 Å². The molecule has 3 aromatic heterocycles. The van der Waals surface area contributed by atoms with Gasteiger partial charge in [-0.05, 0) is 59.4 Å². The number of aromatic nitrogens is 3. The molecule has 233 valence electrons. The van der Waals surface area contributed by atoms with Crippen LogP contribution in [0.1, 0.15) is 22.2 Å². The summed E-state index contributed by atoms with van der Waals surface area (Å²) in [6.07, 6.45) is 0.405. The molecule has 5 aromatic carbocycles. The SMILES string of the molecule is [2H]C([2H])(c1ccc2c(-c3nc4ccccc4n3-c3ccc(-c4ccccc4)cc3)[c-]sc2c1)C(C)C.[Ir].[c-]1ccccc1-c1ccccn1. The Labute approximate surface area is 296 Å². The third-order valence-electron chi connectivity index (χ3n) is 7.64. The van der Waals surface area contributed by atoms with Crippen LogP contribution in [0.15, 0.2) is 146 Å². The Morgan fingerprint density at radius 3 is 2.28 bits per heavy atom. The first-order valence-electron chi connectivity index (χ1n) is 16.4. The largest absolute Gasteiger partial charge is 0.333 e. The predicted molar refractivity (Wildman–Crippen MR) is 193 cm³/mol. The van der Waals surface area contributed by atoms with Gasteiger partial charge < -0.3 is 9.55 Å². The molecule has 47 heavy (non-hydrogen) atoms. The van der Waals surface area contributed by atoms with Crippen molar-refractivity contribution in [1.82, 2.24) is 14.5 Å². The van der Waals surface area contributed by atoms with E-state index in [1.807, 2.05) is 98.8 Å². The van der Waals surface area contributed by atoms with Crippen LogP contribution in [-0.4, -0.2) is 14.5 Å². The van der Waals surface area contributed by atoms with Gasteiger partial charge in [0.2, 0.25) is 0 Å². The molecule has 0 bridgehead atoms. The predicted octanol–water partition coefficient (Wildman–Crippen LogP) is 11.1. The van der Waals surface area contributed by atoms with Gasteiger partial charge in [-0.25, -0.2) is 0 Å². The van der Waals surface area contributed by atoms with Gasteiger partial charge in [-0.15, -0.1) is 47.3 Å². The fraction of sp³-hybridized carbons (Fsp3) is 0.0952. The number of hydrogen-bond acceptors (Lipinski definition) is 3. The van der Waals surface area contributed by atoms with Crippen molar-refractivity contribution >= 4 is 32.5 Å². The number of pyridine rings is 1. The van der Waals surface area contributed by atoms with Crippen molar-refractivity contribution in [1.29, 1.82) is 0 Å². The number of rotatable bonds is 6. The zero-order valence-electron chi connectivity index (χ0n) is 28.0. The molecule has 1 radical (unpaired) electrons. The van der Waals surface area contributed by atoms with E-state index in [0.29, 0.717) is 5.56 Å². The molecular formula is C42H33IrN3S-2. The minimum Gasteiger partial charge on any atom is -0.333 e. The van der Waals surface area contributed by atoms with Crippen LogP contribution in [0.25, 0.3) is 60.6 Å². The molecule has 8 aromatic rings. The second-order valence-electron chi connectivity index (χ2n) is 11.3. The first-order valence-corrected chi connectivity index (χ1v) is 16.2. The minimum atomic E-state index is -1.38. The van der Waals surface area contributed by atoms with Gasteiger partial charge in [0.25, 0.3) is 0 Å². The molecule has 0 aliphatic heterocycles. The number of para-hydroxylation sites is 2. The molecule has 0 amide bonds. The summed E-state index contributed by atoms with van der Waals surface area (Å²) in [7, 11) is 0. The van der Waals surface area contributed by atoms with Crippen LogP contribution in [0.5, 0.6) is 0 Å². The van der Waals surface area contributed by atoms with Gasteiger partial charge in [0.1, 0.15) is 0 Å². The molecule has 0 fully saturated rings. The van der Waals surface area contributed by atoms with E-state index in [4.69, 9.17) is 7.73 Å². The van der Waals surface area contributed by atoms with Gasteiger partial charge in [0, 0.05) is 34.7 Å². The Bertz CT molecular complexity index is 2250. The van der Waals surface area contributed by atoms with E-state index in [9.17, 15) is 0 Å². The fourth-order valence-electron chi connectivity index (χ4n) is 5.53. The molecule has 3 heterocycles. The third-order valence-corrected chi connectivity index (χ3v) is 8.50. The van der Waals surface area contributed by atoms with E-state index in [2.05, 4.69) is 75.6 Å². The van der Waals surface area contributed by atoms with E-state index in [0.717, 1.165) is 49.5 Å². The van der Waals surface area contributed by atoms with E-state index < -0.39 is 6.37 Å². The average Bonchev–Trinajstić information content (AvgIpc) is 3.74. The average molecular weight is 806 g/mol. The molecule has 0 aliphatic carbocycles. The van der Waals surface area contributed by atoms with Gasteiger partial charge in [-0.3, -0.25) is 16.3 Å². The summed E-state index contributed by atoms with van der Waals surface area (Å²) < 4.78 is 20.2. The number of benzene rings is 5. The summed E-state index contributed by atoms with van der Waals surface area (Å²) >= 11 is 1.52. The Hall–Kier alpha value is -4.67. The van der Waals surface area contributed by atoms with E-state index in [-0.39, 0.29) is 26.0 Å². The van der Waals surface area contributed by atoms with Crippen molar-refractivity contribution < 1.29 is 22.8 Å². The summed E-state index contributed by atoms with van der Waals surface area (Å²) in [5, 5.41) is 4.52. The molecule has 3 nitrogen and oxygen atoms in total. The second-order valence-corrected chi connectivity index (χ2v) is 12.1. The Balaban J connectivity index is 0.000000270. The van der Waals surface area contributed by atoms with Crippen LogP contribution < -0.4 is 0 Å². The second kappa shape index (κ2) is 14.8. The van der Waals surface area contributed by atoms with Crippen LogP contribution in [0.4, 0.5) is 0 Å². The maximum atomic E-state index is 8.51. The monoisotopic (exact) mass is 806 g/mol. The Kier molecular flexibility index (Phi) is 9.37. The van der Waals surface area contributed by atoms with Gasteiger partial charge in [-0.1, -0.05) is 114 Å². The molecule has 0 atom stereocenters. The summed E-state index contributed by atoms with van der Waals surface area (Å²) in [5.41, 5.74) is 9.03. The Morgan fingerprint density at radius 1 is 0.787 bits per heavy atom. The topological polar surface area (TPSA) is 30.7 Å². The standard InChI is InChI=1S/C31H25N2S.C11H8N.Ir/c1-21(2)18-22-12-17-26-27(20-34-30(26)19-22)31-32-28-10-6-7-11-29(28)33(31)25-15-13-24(14-16-25)23-8-4-3-5-9-23;1-2-6-10(7-3-1)11-8-4-5-9-12-11;/h3-17,19,21H,18H2,1-2H3;1-6,8-9H;/q2*-1;/i18D2;;. The molecule has 0 N–H and O–H groups in total. The normalized spacial score (nSPS) is 11.8. The first kappa shape index (κ1) is 29.7. The summed E-state index contributed by atoms with van der Waals surface area (Å²) in [5.74, 6) is 0.732. The number of imidazole rings is 1. The molecule has 0 spiro atoms. The van der Waals surface area contributed by atoms with Crippen molar-refractivity contribution in [3.05, 3.63) is 163 Å². The van der Waals surface area contributed by atoms with Crippen LogP contribution in [0.3, 0.4) is 0 Å². The van der Waals surface area contributed by atoms with Crippen LogP contribution in [0.2, 0.25) is 0 Å². The number of thiophene rings is 1. The quantitative estimate of drug-likeness (QED) is 0.157.